The molecule has 3 aliphatic rings. The lowest BCUT2D eigenvalue weighted by molar-refractivity contribution is -0.120. The first-order valence-corrected chi connectivity index (χ1v) is 11.4. The third kappa shape index (κ3) is 4.01. The van der Waals surface area contributed by atoms with Crippen molar-refractivity contribution >= 4 is 23.4 Å². The molecule has 1 heterocycles. The topological polar surface area (TPSA) is 65.4 Å². The summed E-state index contributed by atoms with van der Waals surface area (Å²) in [5.74, 6) is 0.742. The van der Waals surface area contributed by atoms with Gasteiger partial charge >= 0.3 is 0 Å². The van der Waals surface area contributed by atoms with Crippen LogP contribution in [0.25, 0.3) is 5.57 Å². The fraction of sp³-hybridized carbons (Fsp3) is 0.385. The van der Waals surface area contributed by atoms with E-state index in [0.29, 0.717) is 46.3 Å². The van der Waals surface area contributed by atoms with E-state index in [1.807, 2.05) is 37.3 Å². The second-order valence-corrected chi connectivity index (χ2v) is 9.03. The van der Waals surface area contributed by atoms with Crippen LogP contribution in [0.5, 0.6) is 11.5 Å². The number of fused-ring (bicyclic) bond motifs is 1. The van der Waals surface area contributed by atoms with Gasteiger partial charge in [-0.2, -0.15) is 0 Å². The van der Waals surface area contributed by atoms with E-state index in [-0.39, 0.29) is 17.9 Å². The molecule has 5 nitrogen and oxygen atoms in total. The number of anilines is 1. The van der Waals surface area contributed by atoms with Crippen LogP contribution >= 0.6 is 0 Å². The van der Waals surface area contributed by atoms with E-state index < -0.39 is 5.82 Å². The summed E-state index contributed by atoms with van der Waals surface area (Å²) in [5.41, 5.74) is 2.13. The average Bonchev–Trinajstić information content (AvgIpc) is 3.70. The first kappa shape index (κ1) is 20.7. The number of ether oxygens (including phenoxy) is 1. The Kier molecular flexibility index (Phi) is 5.45. The predicted octanol–water partition coefficient (Wildman–Crippen LogP) is 5.44. The first-order valence-electron chi connectivity index (χ1n) is 11.4. The summed E-state index contributed by atoms with van der Waals surface area (Å²) < 4.78 is 22.0. The molecule has 2 saturated carbocycles. The van der Waals surface area contributed by atoms with Crippen LogP contribution in [0.2, 0.25) is 0 Å². The highest BCUT2D eigenvalue weighted by molar-refractivity contribution is 6.10. The van der Waals surface area contributed by atoms with Crippen molar-refractivity contribution in [3.8, 4) is 11.5 Å². The normalized spacial score (nSPS) is 20.5. The number of para-hydroxylation sites is 1. The van der Waals surface area contributed by atoms with Gasteiger partial charge in [-0.15, -0.1) is 0 Å². The molecule has 0 bridgehead atoms. The Morgan fingerprint density at radius 1 is 1.19 bits per heavy atom. The number of rotatable bonds is 7. The van der Waals surface area contributed by atoms with Crippen molar-refractivity contribution in [2.75, 3.05) is 4.90 Å². The van der Waals surface area contributed by atoms with Crippen molar-refractivity contribution in [3.05, 3.63) is 59.5 Å². The molecule has 0 radical (unpaired) electrons. The SMILES string of the molecule is CC1CCc2c(Oc3ccccc3)c(/C(C=N)=C/NC3CC3)cc(F)c2N1C(=O)C1CC1. The van der Waals surface area contributed by atoms with E-state index in [2.05, 4.69) is 5.32 Å². The van der Waals surface area contributed by atoms with Gasteiger partial charge in [0.2, 0.25) is 5.91 Å². The van der Waals surface area contributed by atoms with Crippen LogP contribution < -0.4 is 15.0 Å². The number of hydrogen-bond acceptors (Lipinski definition) is 4. The van der Waals surface area contributed by atoms with E-state index in [1.165, 1.54) is 12.3 Å². The van der Waals surface area contributed by atoms with Gasteiger partial charge in [0.1, 0.15) is 17.3 Å². The molecule has 5 rings (SSSR count). The quantitative estimate of drug-likeness (QED) is 0.572. The summed E-state index contributed by atoms with van der Waals surface area (Å²) in [5, 5.41) is 11.3. The van der Waals surface area contributed by atoms with Crippen LogP contribution in [0.1, 0.15) is 50.2 Å². The maximum absolute atomic E-state index is 15.7. The number of allylic oxidation sites excluding steroid dienone is 1. The summed E-state index contributed by atoms with van der Waals surface area (Å²) in [7, 11) is 0. The molecular formula is C26H28FN3O2. The number of benzene rings is 2. The van der Waals surface area contributed by atoms with E-state index >= 15 is 4.39 Å². The minimum absolute atomic E-state index is 0.000687. The molecule has 2 aromatic rings. The fourth-order valence-corrected chi connectivity index (χ4v) is 4.32. The maximum Gasteiger partial charge on any atom is 0.230 e. The van der Waals surface area contributed by atoms with Gasteiger partial charge in [0.15, 0.2) is 0 Å². The van der Waals surface area contributed by atoms with Crippen LogP contribution in [0.4, 0.5) is 10.1 Å². The monoisotopic (exact) mass is 433 g/mol. The number of nitrogens with one attached hydrogen (secondary N) is 2. The summed E-state index contributed by atoms with van der Waals surface area (Å²) >= 11 is 0. The molecule has 1 unspecified atom stereocenters. The van der Waals surface area contributed by atoms with Crippen LogP contribution in [0.3, 0.4) is 0 Å². The molecule has 32 heavy (non-hydrogen) atoms. The van der Waals surface area contributed by atoms with E-state index in [4.69, 9.17) is 10.1 Å². The smallest absolute Gasteiger partial charge is 0.230 e. The molecule has 2 fully saturated rings. The highest BCUT2D eigenvalue weighted by Crippen LogP contribution is 2.46. The Hall–Kier alpha value is -3.15. The van der Waals surface area contributed by atoms with Crippen LogP contribution in [-0.2, 0) is 11.2 Å². The number of halogens is 1. The largest absolute Gasteiger partial charge is 0.456 e. The Morgan fingerprint density at radius 3 is 2.59 bits per heavy atom. The van der Waals surface area contributed by atoms with Crippen LogP contribution in [-0.4, -0.2) is 24.2 Å². The van der Waals surface area contributed by atoms with Gasteiger partial charge in [-0.1, -0.05) is 18.2 Å². The molecule has 0 aromatic heterocycles. The van der Waals surface area contributed by atoms with Crippen molar-refractivity contribution in [1.82, 2.24) is 5.32 Å². The molecule has 0 spiro atoms. The summed E-state index contributed by atoms with van der Waals surface area (Å²) in [6.45, 7) is 1.98. The third-order valence-corrected chi connectivity index (χ3v) is 6.44. The van der Waals surface area contributed by atoms with Gasteiger partial charge in [0.25, 0.3) is 0 Å². The van der Waals surface area contributed by atoms with Gasteiger partial charge in [-0.05, 0) is 63.6 Å². The molecule has 1 aliphatic heterocycles. The van der Waals surface area contributed by atoms with Gasteiger partial charge in [-0.25, -0.2) is 4.39 Å². The van der Waals surface area contributed by atoms with Gasteiger partial charge in [0, 0.05) is 47.1 Å². The van der Waals surface area contributed by atoms with E-state index in [0.717, 1.165) is 32.1 Å². The Morgan fingerprint density at radius 2 is 1.94 bits per heavy atom. The Bertz CT molecular complexity index is 1070. The molecule has 6 heteroatoms. The summed E-state index contributed by atoms with van der Waals surface area (Å²) in [4.78, 5) is 14.7. The third-order valence-electron chi connectivity index (χ3n) is 6.44. The highest BCUT2D eigenvalue weighted by atomic mass is 19.1. The van der Waals surface area contributed by atoms with Crippen LogP contribution in [0.15, 0.2) is 42.6 Å². The highest BCUT2D eigenvalue weighted by Gasteiger charge is 2.41. The zero-order chi connectivity index (χ0) is 22.2. The van der Waals surface area contributed by atoms with Crippen molar-refractivity contribution in [2.24, 2.45) is 5.92 Å². The minimum Gasteiger partial charge on any atom is -0.456 e. The van der Waals surface area contributed by atoms with Gasteiger partial charge in [0.05, 0.1) is 5.69 Å². The molecule has 1 amide bonds. The van der Waals surface area contributed by atoms with Crippen molar-refractivity contribution in [3.63, 3.8) is 0 Å². The van der Waals surface area contributed by atoms with Gasteiger partial charge in [-0.3, -0.25) is 4.79 Å². The van der Waals surface area contributed by atoms with Crippen molar-refractivity contribution in [1.29, 1.82) is 5.41 Å². The van der Waals surface area contributed by atoms with Gasteiger partial charge < -0.3 is 20.4 Å². The predicted molar refractivity (Wildman–Crippen MR) is 124 cm³/mol. The number of nitrogens with zero attached hydrogens (tertiary/aromatic N) is 1. The zero-order valence-electron chi connectivity index (χ0n) is 18.2. The fourth-order valence-electron chi connectivity index (χ4n) is 4.32. The number of hydrogen-bond donors (Lipinski definition) is 2. The molecule has 2 N–H and O–H groups in total. The maximum atomic E-state index is 15.7. The van der Waals surface area contributed by atoms with E-state index in [1.54, 1.807) is 11.1 Å². The second kappa shape index (κ2) is 8.41. The van der Waals surface area contributed by atoms with E-state index in [9.17, 15) is 4.79 Å². The second-order valence-electron chi connectivity index (χ2n) is 9.03. The number of amides is 1. The lowest BCUT2D eigenvalue weighted by Crippen LogP contribution is -2.43. The lowest BCUT2D eigenvalue weighted by Gasteiger charge is -2.37. The molecule has 0 saturated heterocycles. The van der Waals surface area contributed by atoms with Crippen LogP contribution in [0, 0.1) is 17.1 Å². The molecule has 2 aliphatic carbocycles. The van der Waals surface area contributed by atoms with Crippen molar-refractivity contribution in [2.45, 2.75) is 57.5 Å². The standard InChI is InChI=1S/C26H28FN3O2/c1-16-7-12-21-24(30(16)26(31)17-8-9-17)23(27)13-22(18(14-28)15-29-19-10-11-19)25(21)32-20-5-3-2-4-6-20/h2-6,13-17,19,28-29H,7-12H2,1H3/b18-15+,28-14?. The Balaban J connectivity index is 1.65. The molecule has 1 atom stereocenters. The number of carbonyl (C=O) groups excluding carboxylic acids is 1. The molecule has 2 aromatic carbocycles. The minimum atomic E-state index is -0.435. The summed E-state index contributed by atoms with van der Waals surface area (Å²) in [6, 6.07) is 11.2. The number of carbonyl (C=O) groups is 1. The lowest BCUT2D eigenvalue weighted by atomic mass is 9.91. The van der Waals surface area contributed by atoms with Crippen molar-refractivity contribution < 1.29 is 13.9 Å². The Labute approximate surface area is 187 Å². The molecular weight excluding hydrogens is 405 g/mol. The molecule has 166 valence electrons. The zero-order valence-corrected chi connectivity index (χ0v) is 18.2. The average molecular weight is 434 g/mol. The first-order chi connectivity index (χ1) is 15.6. The summed E-state index contributed by atoms with van der Waals surface area (Å²) in [6.07, 6.45) is 8.31.